The van der Waals surface area contributed by atoms with E-state index >= 15 is 0 Å². The number of ether oxygens (including phenoxy) is 2. The normalized spacial score (nSPS) is 11.3. The van der Waals surface area contributed by atoms with Crippen molar-refractivity contribution in [1.82, 2.24) is 4.31 Å². The summed E-state index contributed by atoms with van der Waals surface area (Å²) < 4.78 is 36.6. The van der Waals surface area contributed by atoms with Gasteiger partial charge in [-0.3, -0.25) is 4.79 Å². The zero-order valence-corrected chi connectivity index (χ0v) is 17.2. The van der Waals surface area contributed by atoms with E-state index in [-0.39, 0.29) is 11.4 Å². The molecular weight excluding hydrogens is 388 g/mol. The Morgan fingerprint density at radius 2 is 1.78 bits per heavy atom. The molecule has 0 heterocycles. The van der Waals surface area contributed by atoms with Crippen molar-refractivity contribution in [3.05, 3.63) is 42.5 Å². The minimum Gasteiger partial charge on any atom is -0.497 e. The van der Waals surface area contributed by atoms with Crippen molar-refractivity contribution in [3.8, 4) is 11.5 Å². The summed E-state index contributed by atoms with van der Waals surface area (Å²) in [6.07, 6.45) is 1.91. The molecule has 0 saturated heterocycles. The van der Waals surface area contributed by atoms with Crippen LogP contribution in [0.5, 0.6) is 11.5 Å². The number of nitrogens with one attached hydrogen (secondary N) is 1. The highest BCUT2D eigenvalue weighted by atomic mass is 32.2. The molecule has 0 unspecified atom stereocenters. The third-order valence-electron chi connectivity index (χ3n) is 3.81. The SMILES string of the molecule is COc1ccc(OC)c(NC(=O)CN(C)S(=O)(=O)c2ccc(SC)cc2)c1. The average Bonchev–Trinajstić information content (AvgIpc) is 2.67. The van der Waals surface area contributed by atoms with Crippen LogP contribution in [0.25, 0.3) is 0 Å². The molecule has 2 aromatic rings. The lowest BCUT2D eigenvalue weighted by Gasteiger charge is -2.18. The van der Waals surface area contributed by atoms with Gasteiger partial charge in [0.15, 0.2) is 0 Å². The van der Waals surface area contributed by atoms with Crippen LogP contribution in [0.4, 0.5) is 5.69 Å². The second-order valence-electron chi connectivity index (χ2n) is 5.55. The van der Waals surface area contributed by atoms with E-state index in [0.717, 1.165) is 9.20 Å². The van der Waals surface area contributed by atoms with Crippen LogP contribution in [0.2, 0.25) is 0 Å². The van der Waals surface area contributed by atoms with Crippen molar-refractivity contribution in [2.75, 3.05) is 39.4 Å². The molecule has 0 radical (unpaired) electrons. The number of hydrogen-bond acceptors (Lipinski definition) is 6. The van der Waals surface area contributed by atoms with Crippen LogP contribution < -0.4 is 14.8 Å². The summed E-state index contributed by atoms with van der Waals surface area (Å²) in [6, 6.07) is 11.5. The predicted molar refractivity (Wildman–Crippen MR) is 106 cm³/mol. The topological polar surface area (TPSA) is 84.9 Å². The zero-order chi connectivity index (χ0) is 20.0. The monoisotopic (exact) mass is 410 g/mol. The van der Waals surface area contributed by atoms with Crippen LogP contribution in [0.1, 0.15) is 0 Å². The Morgan fingerprint density at radius 1 is 1.11 bits per heavy atom. The number of carbonyl (C=O) groups excluding carboxylic acids is 1. The Balaban J connectivity index is 2.12. The number of rotatable bonds is 8. The fraction of sp³-hybridized carbons (Fsp3) is 0.278. The highest BCUT2D eigenvalue weighted by Gasteiger charge is 2.23. The van der Waals surface area contributed by atoms with E-state index < -0.39 is 15.9 Å². The first-order valence-electron chi connectivity index (χ1n) is 7.94. The minimum absolute atomic E-state index is 0.134. The van der Waals surface area contributed by atoms with Crippen LogP contribution in [0, 0.1) is 0 Å². The largest absolute Gasteiger partial charge is 0.497 e. The van der Waals surface area contributed by atoms with Crippen LogP contribution in [0.15, 0.2) is 52.3 Å². The molecule has 1 N–H and O–H groups in total. The molecule has 0 aromatic heterocycles. The van der Waals surface area contributed by atoms with E-state index in [9.17, 15) is 13.2 Å². The van der Waals surface area contributed by atoms with Crippen molar-refractivity contribution in [2.45, 2.75) is 9.79 Å². The van der Waals surface area contributed by atoms with Gasteiger partial charge in [-0.25, -0.2) is 8.42 Å². The molecule has 2 rings (SSSR count). The molecule has 0 fully saturated rings. The fourth-order valence-corrected chi connectivity index (χ4v) is 3.85. The number of anilines is 1. The molecule has 27 heavy (non-hydrogen) atoms. The molecular formula is C18H22N2O5S2. The lowest BCUT2D eigenvalue weighted by atomic mass is 10.2. The van der Waals surface area contributed by atoms with Crippen LogP contribution in [0.3, 0.4) is 0 Å². The maximum atomic E-state index is 12.6. The second kappa shape index (κ2) is 9.12. The molecule has 0 saturated carbocycles. The van der Waals surface area contributed by atoms with Gasteiger partial charge in [0.05, 0.1) is 31.3 Å². The summed E-state index contributed by atoms with van der Waals surface area (Å²) in [4.78, 5) is 13.4. The number of benzene rings is 2. The molecule has 0 atom stereocenters. The van der Waals surface area contributed by atoms with Gasteiger partial charge < -0.3 is 14.8 Å². The maximum absolute atomic E-state index is 12.6. The Morgan fingerprint density at radius 3 is 2.33 bits per heavy atom. The summed E-state index contributed by atoms with van der Waals surface area (Å²) in [5.74, 6) is 0.497. The fourth-order valence-electron chi connectivity index (χ4n) is 2.32. The predicted octanol–water partition coefficient (Wildman–Crippen LogP) is 2.68. The van der Waals surface area contributed by atoms with Crippen molar-refractivity contribution in [2.24, 2.45) is 0 Å². The lowest BCUT2D eigenvalue weighted by Crippen LogP contribution is -2.35. The Bertz CT molecular complexity index is 898. The van der Waals surface area contributed by atoms with Gasteiger partial charge in [0.25, 0.3) is 0 Å². The van der Waals surface area contributed by atoms with Gasteiger partial charge in [-0.05, 0) is 42.7 Å². The summed E-state index contributed by atoms with van der Waals surface area (Å²) >= 11 is 1.52. The summed E-state index contributed by atoms with van der Waals surface area (Å²) in [5, 5.41) is 2.66. The standard InChI is InChI=1S/C18H22N2O5S2/c1-20(27(22,23)15-8-6-14(26-4)7-9-15)12-18(21)19-16-11-13(24-2)5-10-17(16)25-3/h5-11H,12H2,1-4H3,(H,19,21). The molecule has 0 bridgehead atoms. The molecule has 7 nitrogen and oxygen atoms in total. The van der Waals surface area contributed by atoms with Gasteiger partial charge in [-0.15, -0.1) is 11.8 Å². The second-order valence-corrected chi connectivity index (χ2v) is 8.48. The van der Waals surface area contributed by atoms with E-state index in [4.69, 9.17) is 9.47 Å². The summed E-state index contributed by atoms with van der Waals surface area (Å²) in [6.45, 7) is -0.340. The minimum atomic E-state index is -3.77. The van der Waals surface area contributed by atoms with Gasteiger partial charge in [-0.1, -0.05) is 0 Å². The first-order valence-corrected chi connectivity index (χ1v) is 10.6. The van der Waals surface area contributed by atoms with Crippen molar-refractivity contribution in [3.63, 3.8) is 0 Å². The van der Waals surface area contributed by atoms with E-state index in [1.165, 1.54) is 45.2 Å². The number of thioether (sulfide) groups is 1. The molecule has 0 spiro atoms. The Kier molecular flexibility index (Phi) is 7.11. The zero-order valence-electron chi connectivity index (χ0n) is 15.6. The number of carbonyl (C=O) groups is 1. The number of amides is 1. The average molecular weight is 411 g/mol. The Hall–Kier alpha value is -2.23. The smallest absolute Gasteiger partial charge is 0.243 e. The van der Waals surface area contributed by atoms with Gasteiger partial charge in [0.2, 0.25) is 15.9 Å². The number of hydrogen-bond donors (Lipinski definition) is 1. The van der Waals surface area contributed by atoms with Crippen molar-refractivity contribution in [1.29, 1.82) is 0 Å². The molecule has 0 aliphatic rings. The molecule has 2 aromatic carbocycles. The molecule has 0 aliphatic carbocycles. The van der Waals surface area contributed by atoms with Gasteiger partial charge in [-0.2, -0.15) is 4.31 Å². The lowest BCUT2D eigenvalue weighted by molar-refractivity contribution is -0.116. The highest BCUT2D eigenvalue weighted by Crippen LogP contribution is 2.29. The van der Waals surface area contributed by atoms with Crippen LogP contribution in [-0.2, 0) is 14.8 Å². The Labute approximate surface area is 163 Å². The van der Waals surface area contributed by atoms with Crippen molar-refractivity contribution < 1.29 is 22.7 Å². The quantitative estimate of drug-likeness (QED) is 0.674. The third kappa shape index (κ3) is 5.15. The van der Waals surface area contributed by atoms with E-state index in [1.54, 1.807) is 30.3 Å². The summed E-state index contributed by atoms with van der Waals surface area (Å²) in [7, 11) is 0.577. The molecule has 1 amide bonds. The van der Waals surface area contributed by atoms with E-state index in [1.807, 2.05) is 6.26 Å². The van der Waals surface area contributed by atoms with Crippen LogP contribution >= 0.6 is 11.8 Å². The highest BCUT2D eigenvalue weighted by molar-refractivity contribution is 7.98. The summed E-state index contributed by atoms with van der Waals surface area (Å²) in [5.41, 5.74) is 0.400. The number of likely N-dealkylation sites (N-methyl/N-ethyl adjacent to an activating group) is 1. The van der Waals surface area contributed by atoms with Crippen LogP contribution in [-0.4, -0.2) is 52.7 Å². The number of methoxy groups -OCH3 is 2. The number of sulfonamides is 1. The molecule has 9 heteroatoms. The van der Waals surface area contributed by atoms with Gasteiger partial charge >= 0.3 is 0 Å². The van der Waals surface area contributed by atoms with Crippen molar-refractivity contribution >= 4 is 33.4 Å². The third-order valence-corrected chi connectivity index (χ3v) is 6.38. The first kappa shape index (κ1) is 21.1. The molecule has 0 aliphatic heterocycles. The van der Waals surface area contributed by atoms with E-state index in [0.29, 0.717) is 17.2 Å². The molecule has 146 valence electrons. The van der Waals surface area contributed by atoms with Gasteiger partial charge in [0, 0.05) is 18.0 Å². The number of nitrogens with zero attached hydrogens (tertiary/aromatic N) is 1. The maximum Gasteiger partial charge on any atom is 0.243 e. The first-order chi connectivity index (χ1) is 12.8. The van der Waals surface area contributed by atoms with E-state index in [2.05, 4.69) is 5.32 Å². The van der Waals surface area contributed by atoms with Gasteiger partial charge in [0.1, 0.15) is 11.5 Å².